The van der Waals surface area contributed by atoms with Crippen molar-refractivity contribution in [3.63, 3.8) is 0 Å². The second-order valence-corrected chi connectivity index (χ2v) is 8.61. The predicted molar refractivity (Wildman–Crippen MR) is 88.2 cm³/mol. The van der Waals surface area contributed by atoms with Gasteiger partial charge in [-0.25, -0.2) is 9.16 Å². The van der Waals surface area contributed by atoms with E-state index in [1.807, 2.05) is 30.3 Å². The summed E-state index contributed by atoms with van der Waals surface area (Å²) in [5.41, 5.74) is 0.983. The fraction of sp³-hybridized carbons (Fsp3) is 0.562. The number of hydrogen-bond donors (Lipinski definition) is 0. The van der Waals surface area contributed by atoms with Crippen molar-refractivity contribution < 1.29 is 13.7 Å². The van der Waals surface area contributed by atoms with Crippen LogP contribution in [0.1, 0.15) is 18.4 Å². The molecule has 1 aromatic rings. The van der Waals surface area contributed by atoms with Gasteiger partial charge in [0.25, 0.3) is 0 Å². The number of ether oxygens (including phenoxy) is 1. The zero-order chi connectivity index (χ0) is 16.0. The highest BCUT2D eigenvalue weighted by Crippen LogP contribution is 2.18. The zero-order valence-electron chi connectivity index (χ0n) is 13.2. The lowest BCUT2D eigenvalue weighted by Crippen LogP contribution is -2.41. The number of carbonyl (C=O) groups is 1. The van der Waals surface area contributed by atoms with E-state index in [2.05, 4.69) is 4.36 Å². The molecule has 0 radical (unpaired) electrons. The predicted octanol–water partition coefficient (Wildman–Crippen LogP) is 2.76. The summed E-state index contributed by atoms with van der Waals surface area (Å²) in [5, 5.41) is 0. The van der Waals surface area contributed by atoms with Crippen molar-refractivity contribution in [2.75, 3.05) is 32.1 Å². The molecule has 1 heterocycles. The quantitative estimate of drug-likeness (QED) is 0.855. The molecule has 0 spiro atoms. The van der Waals surface area contributed by atoms with Crippen LogP contribution in [-0.2, 0) is 21.1 Å². The highest BCUT2D eigenvalue weighted by Gasteiger charge is 2.24. The van der Waals surface area contributed by atoms with Crippen LogP contribution in [0.25, 0.3) is 0 Å². The van der Waals surface area contributed by atoms with Crippen molar-refractivity contribution >= 4 is 15.8 Å². The van der Waals surface area contributed by atoms with Gasteiger partial charge in [0.2, 0.25) is 0 Å². The summed E-state index contributed by atoms with van der Waals surface area (Å²) in [4.78, 5) is 13.9. The van der Waals surface area contributed by atoms with Crippen LogP contribution in [-0.4, -0.2) is 47.3 Å². The van der Waals surface area contributed by atoms with Crippen molar-refractivity contribution in [3.05, 3.63) is 35.9 Å². The number of amides is 1. The van der Waals surface area contributed by atoms with Crippen molar-refractivity contribution in [2.24, 2.45) is 10.3 Å². The fourth-order valence-electron chi connectivity index (χ4n) is 2.48. The third-order valence-corrected chi connectivity index (χ3v) is 4.40. The maximum atomic E-state index is 12.1. The molecule has 0 aromatic heterocycles. The van der Waals surface area contributed by atoms with Gasteiger partial charge in [0.15, 0.2) is 0 Å². The Morgan fingerprint density at radius 3 is 2.77 bits per heavy atom. The van der Waals surface area contributed by atoms with Gasteiger partial charge in [-0.1, -0.05) is 30.3 Å². The first-order valence-electron chi connectivity index (χ1n) is 7.52. The summed E-state index contributed by atoms with van der Waals surface area (Å²) in [6.07, 6.45) is 4.96. The summed E-state index contributed by atoms with van der Waals surface area (Å²) < 4.78 is 21.2. The molecule has 122 valence electrons. The minimum atomic E-state index is -2.07. The average molecular weight is 324 g/mol. The second-order valence-electron chi connectivity index (χ2n) is 5.99. The molecule has 1 saturated heterocycles. The summed E-state index contributed by atoms with van der Waals surface area (Å²) in [7, 11) is -2.07. The molecule has 1 aliphatic rings. The first kappa shape index (κ1) is 16.8. The molecule has 0 N–H and O–H groups in total. The standard InChI is InChI=1S/C16H24N2O3S/c1-22(2,20)17-11-15-9-6-10-18(12-15)16(19)21-13-14-7-4-3-5-8-14/h3-5,7-8,15H,6,9-13H2,1-2H3. The number of nitrogens with zero attached hydrogens (tertiary/aromatic N) is 2. The lowest BCUT2D eigenvalue weighted by Gasteiger charge is -2.31. The zero-order valence-corrected chi connectivity index (χ0v) is 14.1. The maximum absolute atomic E-state index is 12.1. The van der Waals surface area contributed by atoms with Gasteiger partial charge in [0.1, 0.15) is 6.61 Å². The Kier molecular flexibility index (Phi) is 5.83. The van der Waals surface area contributed by atoms with E-state index in [-0.39, 0.29) is 12.0 Å². The van der Waals surface area contributed by atoms with Gasteiger partial charge in [-0.05, 0) is 24.3 Å². The van der Waals surface area contributed by atoms with Gasteiger partial charge in [0, 0.05) is 35.3 Å². The Morgan fingerprint density at radius 2 is 2.09 bits per heavy atom. The normalized spacial score (nSPS) is 18.8. The van der Waals surface area contributed by atoms with Gasteiger partial charge in [-0.2, -0.15) is 0 Å². The van der Waals surface area contributed by atoms with Gasteiger partial charge in [-0.3, -0.25) is 4.21 Å². The van der Waals surface area contributed by atoms with Crippen LogP contribution in [0.2, 0.25) is 0 Å². The smallest absolute Gasteiger partial charge is 0.410 e. The molecule has 2 rings (SSSR count). The van der Waals surface area contributed by atoms with E-state index >= 15 is 0 Å². The molecule has 0 bridgehead atoms. The van der Waals surface area contributed by atoms with E-state index in [0.717, 1.165) is 24.9 Å². The van der Waals surface area contributed by atoms with Crippen molar-refractivity contribution in [1.82, 2.24) is 4.90 Å². The van der Waals surface area contributed by atoms with E-state index in [4.69, 9.17) is 4.74 Å². The number of hydrogen-bond acceptors (Lipinski definition) is 4. The molecule has 1 aliphatic heterocycles. The Bertz CT molecular complexity index is 601. The van der Waals surface area contributed by atoms with Crippen LogP contribution < -0.4 is 0 Å². The SMILES string of the molecule is CS(C)(=O)=NCC1CCCN(C(=O)OCc2ccccc2)C1. The van der Waals surface area contributed by atoms with Crippen LogP contribution in [0.4, 0.5) is 4.79 Å². The van der Waals surface area contributed by atoms with Crippen LogP contribution in [0.5, 0.6) is 0 Å². The molecule has 5 nitrogen and oxygen atoms in total. The van der Waals surface area contributed by atoms with Crippen LogP contribution in [0, 0.1) is 5.92 Å². The minimum absolute atomic E-state index is 0.276. The highest BCUT2D eigenvalue weighted by molar-refractivity contribution is 7.92. The minimum Gasteiger partial charge on any atom is -0.445 e. The van der Waals surface area contributed by atoms with Crippen molar-refractivity contribution in [3.8, 4) is 0 Å². The van der Waals surface area contributed by atoms with Gasteiger partial charge in [0.05, 0.1) is 6.54 Å². The van der Waals surface area contributed by atoms with E-state index in [9.17, 15) is 9.00 Å². The summed E-state index contributed by atoms with van der Waals surface area (Å²) in [5.74, 6) is 0.277. The molecule has 6 heteroatoms. The molecule has 22 heavy (non-hydrogen) atoms. The van der Waals surface area contributed by atoms with E-state index in [1.165, 1.54) is 0 Å². The summed E-state index contributed by atoms with van der Waals surface area (Å²) >= 11 is 0. The van der Waals surface area contributed by atoms with Crippen LogP contribution in [0.3, 0.4) is 0 Å². The number of benzene rings is 1. The number of rotatable bonds is 4. The van der Waals surface area contributed by atoms with Gasteiger partial charge < -0.3 is 9.64 Å². The van der Waals surface area contributed by atoms with Crippen molar-refractivity contribution in [2.45, 2.75) is 19.4 Å². The Balaban J connectivity index is 1.83. The van der Waals surface area contributed by atoms with Crippen LogP contribution >= 0.6 is 0 Å². The maximum Gasteiger partial charge on any atom is 0.410 e. The van der Waals surface area contributed by atoms with Gasteiger partial charge in [-0.15, -0.1) is 0 Å². The monoisotopic (exact) mass is 324 g/mol. The third kappa shape index (κ3) is 5.67. The highest BCUT2D eigenvalue weighted by atomic mass is 32.2. The fourth-order valence-corrected chi connectivity index (χ4v) is 3.05. The number of carbonyl (C=O) groups excluding carboxylic acids is 1. The third-order valence-electron chi connectivity index (χ3n) is 3.63. The summed E-state index contributed by atoms with van der Waals surface area (Å²) in [6.45, 7) is 2.20. The molecule has 1 aromatic carbocycles. The molecule has 1 fully saturated rings. The second kappa shape index (κ2) is 7.63. The van der Waals surface area contributed by atoms with E-state index in [1.54, 1.807) is 17.4 Å². The summed E-state index contributed by atoms with van der Waals surface area (Å²) in [6, 6.07) is 9.65. The first-order valence-corrected chi connectivity index (χ1v) is 9.86. The molecule has 0 aliphatic carbocycles. The van der Waals surface area contributed by atoms with E-state index in [0.29, 0.717) is 19.7 Å². The molecule has 0 saturated carbocycles. The number of likely N-dealkylation sites (tertiary alicyclic amines) is 1. The Labute approximate surface area is 132 Å². The number of piperidine rings is 1. The van der Waals surface area contributed by atoms with Crippen molar-refractivity contribution in [1.29, 1.82) is 0 Å². The Morgan fingerprint density at radius 1 is 1.36 bits per heavy atom. The molecular weight excluding hydrogens is 300 g/mol. The lowest BCUT2D eigenvalue weighted by atomic mass is 9.99. The molecule has 1 atom stereocenters. The topological polar surface area (TPSA) is 59.0 Å². The largest absolute Gasteiger partial charge is 0.445 e. The molecule has 1 amide bonds. The average Bonchev–Trinajstić information content (AvgIpc) is 2.51. The Hall–Kier alpha value is -1.56. The van der Waals surface area contributed by atoms with Gasteiger partial charge >= 0.3 is 6.09 Å². The van der Waals surface area contributed by atoms with Crippen LogP contribution in [0.15, 0.2) is 34.7 Å². The lowest BCUT2D eigenvalue weighted by molar-refractivity contribution is 0.0801. The molecule has 1 unspecified atom stereocenters. The van der Waals surface area contributed by atoms with E-state index < -0.39 is 9.73 Å². The molecular formula is C16H24N2O3S. The first-order chi connectivity index (χ1) is 10.4.